The second kappa shape index (κ2) is 8.44. The van der Waals surface area contributed by atoms with Crippen molar-refractivity contribution in [2.24, 2.45) is 0 Å². The Hall–Kier alpha value is 0.440. The molecule has 0 aliphatic heterocycles. The predicted molar refractivity (Wildman–Crippen MR) is 78.0 cm³/mol. The molecule has 0 aliphatic rings. The summed E-state index contributed by atoms with van der Waals surface area (Å²) >= 11 is -1.73. The van der Waals surface area contributed by atoms with Crippen LogP contribution in [0.25, 0.3) is 0 Å². The summed E-state index contributed by atoms with van der Waals surface area (Å²) in [6, 6.07) is 0. The highest BCUT2D eigenvalue weighted by molar-refractivity contribution is 8.01. The average Bonchev–Trinajstić information content (AvgIpc) is 2.39. The first-order valence-corrected chi connectivity index (χ1v) is 11.3. The minimum Gasteiger partial charge on any atom is -0.320 e. The summed E-state index contributed by atoms with van der Waals surface area (Å²) in [6.07, 6.45) is -1.02. The van der Waals surface area contributed by atoms with Crippen molar-refractivity contribution in [1.29, 1.82) is 0 Å². The lowest BCUT2D eigenvalue weighted by molar-refractivity contribution is -0.104. The van der Waals surface area contributed by atoms with Crippen molar-refractivity contribution in [2.75, 3.05) is 11.5 Å². The highest BCUT2D eigenvalue weighted by Crippen LogP contribution is 2.64. The van der Waals surface area contributed by atoms with Gasteiger partial charge in [-0.05, 0) is 24.3 Å². The maximum atomic E-state index is 13.1. The second-order valence-electron chi connectivity index (χ2n) is 4.61. The molecule has 26 heavy (non-hydrogen) atoms. The van der Waals surface area contributed by atoms with E-state index >= 15 is 0 Å². The predicted octanol–water partition coefficient (Wildman–Crippen LogP) is 3.96. The van der Waals surface area contributed by atoms with E-state index in [0.717, 1.165) is 0 Å². The Morgan fingerprint density at radius 1 is 0.615 bits per heavy atom. The summed E-state index contributed by atoms with van der Waals surface area (Å²) in [5, 5.41) is -10.3. The Bertz CT molecular complexity index is 529. The van der Waals surface area contributed by atoms with Crippen molar-refractivity contribution in [1.82, 2.24) is 0 Å². The lowest BCUT2D eigenvalue weighted by Gasteiger charge is -2.26. The van der Waals surface area contributed by atoms with Gasteiger partial charge in [-0.2, -0.15) is 35.1 Å². The number of halogens is 8. The summed E-state index contributed by atoms with van der Waals surface area (Å²) < 4.78 is 125. The minimum atomic E-state index is -6.47. The molecule has 0 heterocycles. The van der Waals surface area contributed by atoms with Gasteiger partial charge in [0.25, 0.3) is 0 Å². The molecule has 0 atom stereocenters. The van der Waals surface area contributed by atoms with Gasteiger partial charge in [0.1, 0.15) is 0 Å². The summed E-state index contributed by atoms with van der Waals surface area (Å²) in [5.41, 5.74) is -11.3. The van der Waals surface area contributed by atoms with Gasteiger partial charge in [0.15, 0.2) is 0 Å². The molecule has 0 aromatic rings. The van der Waals surface area contributed by atoms with Crippen molar-refractivity contribution in [3.05, 3.63) is 0 Å². The van der Waals surface area contributed by atoms with Crippen LogP contribution in [0.15, 0.2) is 0 Å². The summed E-state index contributed by atoms with van der Waals surface area (Å²) in [6.45, 7) is 0. The monoisotopic (exact) mass is 482 g/mol. The third-order valence-electron chi connectivity index (χ3n) is 2.54. The Labute approximate surface area is 149 Å². The molecule has 4 N–H and O–H groups in total. The number of alkyl halides is 8. The Balaban J connectivity index is 4.51. The zero-order chi connectivity index (χ0) is 21.2. The average molecular weight is 482 g/mol. The van der Waals surface area contributed by atoms with Crippen LogP contribution in [0, 0.1) is 0 Å². The molecule has 0 aliphatic carbocycles. The zero-order valence-electron chi connectivity index (χ0n) is 12.2. The van der Waals surface area contributed by atoms with Crippen molar-refractivity contribution < 1.29 is 63.8 Å². The minimum absolute atomic E-state index is 0.512. The Morgan fingerprint density at radius 2 is 0.846 bits per heavy atom. The van der Waals surface area contributed by atoms with Gasteiger partial charge in [0.2, 0.25) is 0 Å². The second-order valence-corrected chi connectivity index (χ2v) is 10.3. The molecular weight excluding hydrogens is 470 g/mol. The van der Waals surface area contributed by atoms with E-state index in [1.165, 1.54) is 0 Å². The Kier molecular flexibility index (Phi) is 8.58. The first-order chi connectivity index (χ1) is 11.2. The number of hydrogen-bond acceptors (Lipinski definition) is 4. The molecule has 0 spiro atoms. The van der Waals surface area contributed by atoms with Gasteiger partial charge in [-0.1, -0.05) is 23.5 Å². The van der Waals surface area contributed by atoms with Crippen LogP contribution < -0.4 is 0 Å². The van der Waals surface area contributed by atoms with Crippen LogP contribution in [0.2, 0.25) is 0 Å². The number of unbranched alkanes of at least 4 members (excludes halogenated alkanes) is 1. The quantitative estimate of drug-likeness (QED) is 0.199. The fraction of sp³-hybridized carbons (Fsp3) is 1.00. The third-order valence-corrected chi connectivity index (χ3v) is 7.09. The van der Waals surface area contributed by atoms with Gasteiger partial charge in [-0.15, -0.1) is 0 Å². The fourth-order valence-electron chi connectivity index (χ4n) is 1.12. The maximum absolute atomic E-state index is 13.1. The molecule has 0 aromatic heterocycles. The molecule has 0 saturated carbocycles. The Morgan fingerprint density at radius 3 is 1.04 bits per heavy atom. The molecule has 0 unspecified atom stereocenters. The smallest absolute Gasteiger partial charge is 0.320 e. The van der Waals surface area contributed by atoms with Crippen LogP contribution in [0.3, 0.4) is 0 Å². The van der Waals surface area contributed by atoms with Crippen LogP contribution in [0.5, 0.6) is 0 Å². The van der Waals surface area contributed by atoms with E-state index in [-0.39, 0.29) is 0 Å². The van der Waals surface area contributed by atoms with E-state index in [0.29, 0.717) is 0 Å². The molecule has 0 fully saturated rings. The van der Waals surface area contributed by atoms with Gasteiger partial charge in [0, 0.05) is 0 Å². The SMILES string of the molecule is O=P(O)(O)C(F)(F)C(F)(F)SCCCCSC(F)(F)C(F)(F)P(=O)(O)O. The van der Waals surface area contributed by atoms with E-state index in [1.54, 1.807) is 0 Å². The summed E-state index contributed by atoms with van der Waals surface area (Å²) in [5.74, 6) is -1.77. The molecule has 0 amide bonds. The van der Waals surface area contributed by atoms with Gasteiger partial charge < -0.3 is 19.6 Å². The largest absolute Gasteiger partial charge is 0.417 e. The van der Waals surface area contributed by atoms with E-state index in [9.17, 15) is 44.3 Å². The normalized spacial score (nSPS) is 15.4. The van der Waals surface area contributed by atoms with Gasteiger partial charge in [-0.3, -0.25) is 9.13 Å². The van der Waals surface area contributed by atoms with Crippen molar-refractivity contribution in [3.8, 4) is 0 Å². The van der Waals surface area contributed by atoms with Crippen molar-refractivity contribution in [3.63, 3.8) is 0 Å². The molecule has 0 bridgehead atoms. The van der Waals surface area contributed by atoms with Crippen LogP contribution in [0.4, 0.5) is 35.1 Å². The molecule has 18 heteroatoms. The lowest BCUT2D eigenvalue weighted by atomic mass is 10.4. The maximum Gasteiger partial charge on any atom is 0.417 e. The van der Waals surface area contributed by atoms with E-state index < -0.39 is 84.9 Å². The topological polar surface area (TPSA) is 115 Å². The molecular formula is C8H12F8O6P2S2. The first kappa shape index (κ1) is 26.4. The number of hydrogen-bond donors (Lipinski definition) is 4. The molecule has 158 valence electrons. The van der Waals surface area contributed by atoms with Gasteiger partial charge >= 0.3 is 37.0 Å². The van der Waals surface area contributed by atoms with Crippen molar-refractivity contribution >= 4 is 38.7 Å². The molecule has 0 radical (unpaired) electrons. The number of thioether (sulfide) groups is 2. The summed E-state index contributed by atoms with van der Waals surface area (Å²) in [7, 11) is -12.9. The van der Waals surface area contributed by atoms with E-state index in [4.69, 9.17) is 19.6 Å². The van der Waals surface area contributed by atoms with Crippen LogP contribution in [-0.2, 0) is 9.13 Å². The van der Waals surface area contributed by atoms with Crippen LogP contribution in [0.1, 0.15) is 12.8 Å². The van der Waals surface area contributed by atoms with Crippen LogP contribution in [-0.4, -0.2) is 52.9 Å². The zero-order valence-corrected chi connectivity index (χ0v) is 15.6. The summed E-state index contributed by atoms with van der Waals surface area (Å²) in [4.78, 5) is 32.8. The van der Waals surface area contributed by atoms with Gasteiger partial charge in [0.05, 0.1) is 0 Å². The molecule has 0 rings (SSSR count). The highest BCUT2D eigenvalue weighted by atomic mass is 32.2. The van der Waals surface area contributed by atoms with Crippen LogP contribution >= 0.6 is 38.7 Å². The van der Waals surface area contributed by atoms with E-state index in [1.807, 2.05) is 0 Å². The first-order valence-electron chi connectivity index (χ1n) is 6.11. The van der Waals surface area contributed by atoms with Crippen molar-refractivity contribution in [2.45, 2.75) is 34.7 Å². The molecule has 0 aromatic carbocycles. The standard InChI is InChI=1S/C8H12F8O6P2S2/c9-5(10,23(17,18)19)7(13,14)25-3-1-2-4-26-8(15,16)6(11,12)24(20,21)22/h1-4H2,(H2,17,18,19)(H2,20,21,22). The third kappa shape index (κ3) is 5.97. The molecule has 0 saturated heterocycles. The lowest BCUT2D eigenvalue weighted by Crippen LogP contribution is -2.37. The fourth-order valence-corrected chi connectivity index (χ4v) is 4.45. The number of rotatable bonds is 11. The van der Waals surface area contributed by atoms with E-state index in [2.05, 4.69) is 0 Å². The molecule has 6 nitrogen and oxygen atoms in total. The highest BCUT2D eigenvalue weighted by Gasteiger charge is 2.69. The van der Waals surface area contributed by atoms with Gasteiger partial charge in [-0.25, -0.2) is 0 Å².